The fourth-order valence-electron chi connectivity index (χ4n) is 2.15. The molecule has 0 atom stereocenters. The van der Waals surface area contributed by atoms with Crippen LogP contribution in [0.25, 0.3) is 0 Å². The average molecular weight is 451 g/mol. The summed E-state index contributed by atoms with van der Waals surface area (Å²) >= 11 is 0. The molecule has 0 amide bonds. The molecular formula is C16H10F9NO2S. The first kappa shape index (κ1) is 23.0. The maximum absolute atomic E-state index is 12.8. The summed E-state index contributed by atoms with van der Waals surface area (Å²) in [5, 5.41) is 0. The van der Waals surface area contributed by atoms with Crippen LogP contribution in [0.2, 0.25) is 0 Å². The average Bonchev–Trinajstić information content (AvgIpc) is 2.58. The fraction of sp³-hybridized carbons (Fsp3) is 0.250. The van der Waals surface area contributed by atoms with E-state index in [2.05, 4.69) is 0 Å². The Balaban J connectivity index is 2.33. The number of hydrogen-bond acceptors (Lipinski definition) is 2. The third-order valence-corrected chi connectivity index (χ3v) is 5.00. The molecule has 2 rings (SSSR count). The van der Waals surface area contributed by atoms with Crippen LogP contribution in [0, 0.1) is 0 Å². The minimum Gasteiger partial charge on any atom is -0.207 e. The minimum atomic E-state index is -5.24. The molecule has 0 aliphatic rings. The SMILES string of the molecule is O=S(=O)(NCc1ccc(C(F)(F)F)cc1)c1cc(C(F)(F)F)cc(C(F)(F)F)c1. The lowest BCUT2D eigenvalue weighted by Crippen LogP contribution is -2.24. The first-order valence-corrected chi connectivity index (χ1v) is 8.94. The van der Waals surface area contributed by atoms with Gasteiger partial charge in [-0.1, -0.05) is 12.1 Å². The second-order valence-electron chi connectivity index (χ2n) is 5.76. The highest BCUT2D eigenvalue weighted by atomic mass is 32.2. The van der Waals surface area contributed by atoms with Crippen molar-refractivity contribution in [2.75, 3.05) is 0 Å². The maximum Gasteiger partial charge on any atom is 0.416 e. The molecule has 0 aromatic heterocycles. The molecule has 0 radical (unpaired) electrons. The zero-order valence-corrected chi connectivity index (χ0v) is 14.7. The smallest absolute Gasteiger partial charge is 0.207 e. The van der Waals surface area contributed by atoms with Gasteiger partial charge in [0.05, 0.1) is 21.6 Å². The zero-order chi connectivity index (χ0) is 22.3. The molecule has 29 heavy (non-hydrogen) atoms. The van der Waals surface area contributed by atoms with Crippen molar-refractivity contribution in [1.82, 2.24) is 4.72 Å². The van der Waals surface area contributed by atoms with Crippen molar-refractivity contribution in [2.45, 2.75) is 30.0 Å². The number of alkyl halides is 9. The first-order chi connectivity index (χ1) is 13.0. The van der Waals surface area contributed by atoms with Crippen LogP contribution in [0.15, 0.2) is 47.4 Å². The summed E-state index contributed by atoms with van der Waals surface area (Å²) in [4.78, 5) is -1.29. The lowest BCUT2D eigenvalue weighted by molar-refractivity contribution is -0.143. The van der Waals surface area contributed by atoms with E-state index in [1.807, 2.05) is 0 Å². The molecule has 2 aromatic rings. The quantitative estimate of drug-likeness (QED) is 0.648. The second kappa shape index (κ2) is 7.52. The number of rotatable bonds is 4. The predicted molar refractivity (Wildman–Crippen MR) is 81.9 cm³/mol. The lowest BCUT2D eigenvalue weighted by atomic mass is 10.1. The summed E-state index contributed by atoms with van der Waals surface area (Å²) in [5.41, 5.74) is -4.65. The Morgan fingerprint density at radius 1 is 0.655 bits per heavy atom. The summed E-state index contributed by atoms with van der Waals surface area (Å²) < 4.78 is 141. The molecule has 160 valence electrons. The molecular weight excluding hydrogens is 441 g/mol. The van der Waals surface area contributed by atoms with Crippen LogP contribution in [0.4, 0.5) is 39.5 Å². The standard InChI is InChI=1S/C16H10F9NO2S/c17-14(18,19)10-3-1-9(2-4-10)8-26-29(27,28)13-6-11(15(20,21)22)5-12(7-13)16(23,24)25/h1-7,26H,8H2. The van der Waals surface area contributed by atoms with Gasteiger partial charge in [0.25, 0.3) is 0 Å². The number of nitrogens with one attached hydrogen (secondary N) is 1. The van der Waals surface area contributed by atoms with Crippen LogP contribution < -0.4 is 4.72 Å². The number of sulfonamides is 1. The van der Waals surface area contributed by atoms with Gasteiger partial charge in [0.2, 0.25) is 10.0 Å². The van der Waals surface area contributed by atoms with Gasteiger partial charge in [-0.15, -0.1) is 0 Å². The van der Waals surface area contributed by atoms with E-state index in [0.29, 0.717) is 12.1 Å². The molecule has 2 aromatic carbocycles. The largest absolute Gasteiger partial charge is 0.416 e. The summed E-state index contributed by atoms with van der Waals surface area (Å²) in [6.07, 6.45) is -15.1. The molecule has 0 fully saturated rings. The fourth-order valence-corrected chi connectivity index (χ4v) is 3.24. The Morgan fingerprint density at radius 2 is 1.07 bits per heavy atom. The van der Waals surface area contributed by atoms with Gasteiger partial charge in [-0.05, 0) is 35.9 Å². The second-order valence-corrected chi connectivity index (χ2v) is 7.53. The molecule has 0 saturated heterocycles. The molecule has 0 bridgehead atoms. The van der Waals surface area contributed by atoms with E-state index in [9.17, 15) is 47.9 Å². The summed E-state index contributed by atoms with van der Waals surface area (Å²) in [6, 6.07) is 2.96. The minimum absolute atomic E-state index is 0.00426. The Bertz CT molecular complexity index is 943. The van der Waals surface area contributed by atoms with Gasteiger partial charge in [-0.25, -0.2) is 13.1 Å². The normalized spacial score (nSPS) is 13.6. The van der Waals surface area contributed by atoms with Crippen LogP contribution in [-0.4, -0.2) is 8.42 Å². The van der Waals surface area contributed by atoms with Crippen LogP contribution in [0.1, 0.15) is 22.3 Å². The lowest BCUT2D eigenvalue weighted by Gasteiger charge is -2.15. The highest BCUT2D eigenvalue weighted by Crippen LogP contribution is 2.37. The molecule has 0 aliphatic carbocycles. The number of hydrogen-bond donors (Lipinski definition) is 1. The zero-order valence-electron chi connectivity index (χ0n) is 13.9. The van der Waals surface area contributed by atoms with Crippen molar-refractivity contribution in [2.24, 2.45) is 0 Å². The van der Waals surface area contributed by atoms with Crippen molar-refractivity contribution in [1.29, 1.82) is 0 Å². The van der Waals surface area contributed by atoms with Crippen molar-refractivity contribution in [3.05, 3.63) is 64.7 Å². The van der Waals surface area contributed by atoms with E-state index in [-0.39, 0.29) is 23.8 Å². The molecule has 0 spiro atoms. The Morgan fingerprint density at radius 3 is 1.45 bits per heavy atom. The van der Waals surface area contributed by atoms with E-state index in [1.165, 1.54) is 0 Å². The Labute approximate surface area is 158 Å². The Kier molecular flexibility index (Phi) is 5.96. The molecule has 0 aliphatic heterocycles. The summed E-state index contributed by atoms with van der Waals surface area (Å²) in [5.74, 6) is 0. The molecule has 1 N–H and O–H groups in total. The Hall–Kier alpha value is -2.28. The van der Waals surface area contributed by atoms with Gasteiger partial charge in [0.15, 0.2) is 0 Å². The highest BCUT2D eigenvalue weighted by Gasteiger charge is 2.38. The van der Waals surface area contributed by atoms with Crippen molar-refractivity contribution >= 4 is 10.0 Å². The van der Waals surface area contributed by atoms with Gasteiger partial charge in [0.1, 0.15) is 0 Å². The molecule has 0 heterocycles. The van der Waals surface area contributed by atoms with Gasteiger partial charge >= 0.3 is 18.5 Å². The summed E-state index contributed by atoms with van der Waals surface area (Å²) in [7, 11) is -4.83. The molecule has 3 nitrogen and oxygen atoms in total. The van der Waals surface area contributed by atoms with Crippen LogP contribution in [-0.2, 0) is 35.1 Å². The molecule has 0 unspecified atom stereocenters. The van der Waals surface area contributed by atoms with Gasteiger partial charge in [0, 0.05) is 6.54 Å². The van der Waals surface area contributed by atoms with E-state index in [1.54, 1.807) is 4.72 Å². The number of benzene rings is 2. The van der Waals surface area contributed by atoms with Crippen LogP contribution in [0.5, 0.6) is 0 Å². The van der Waals surface area contributed by atoms with E-state index in [0.717, 1.165) is 12.1 Å². The van der Waals surface area contributed by atoms with E-state index < -0.39 is 56.7 Å². The van der Waals surface area contributed by atoms with E-state index in [4.69, 9.17) is 0 Å². The van der Waals surface area contributed by atoms with Crippen molar-refractivity contribution in [3.63, 3.8) is 0 Å². The van der Waals surface area contributed by atoms with Crippen LogP contribution in [0.3, 0.4) is 0 Å². The molecule has 13 heteroatoms. The van der Waals surface area contributed by atoms with Gasteiger partial charge < -0.3 is 0 Å². The van der Waals surface area contributed by atoms with Crippen LogP contribution >= 0.6 is 0 Å². The third kappa shape index (κ3) is 5.85. The first-order valence-electron chi connectivity index (χ1n) is 7.45. The van der Waals surface area contributed by atoms with Gasteiger partial charge in [-0.3, -0.25) is 0 Å². The maximum atomic E-state index is 12.8. The van der Waals surface area contributed by atoms with Crippen molar-refractivity contribution < 1.29 is 47.9 Å². The monoisotopic (exact) mass is 451 g/mol. The molecule has 0 saturated carbocycles. The third-order valence-electron chi connectivity index (χ3n) is 3.62. The topological polar surface area (TPSA) is 46.2 Å². The van der Waals surface area contributed by atoms with E-state index >= 15 is 0 Å². The van der Waals surface area contributed by atoms with Gasteiger partial charge in [-0.2, -0.15) is 39.5 Å². The predicted octanol–water partition coefficient (Wildman–Crippen LogP) is 5.22. The van der Waals surface area contributed by atoms with Crippen molar-refractivity contribution in [3.8, 4) is 0 Å². The summed E-state index contributed by atoms with van der Waals surface area (Å²) in [6.45, 7) is -0.655. The number of halogens is 9. The highest BCUT2D eigenvalue weighted by molar-refractivity contribution is 7.89.